The predicted octanol–water partition coefficient (Wildman–Crippen LogP) is 4.20. The van der Waals surface area contributed by atoms with E-state index in [9.17, 15) is 13.2 Å². The third-order valence-electron chi connectivity index (χ3n) is 4.50. The van der Waals surface area contributed by atoms with Gasteiger partial charge in [-0.25, -0.2) is 8.42 Å². The molecule has 0 radical (unpaired) electrons. The van der Waals surface area contributed by atoms with Crippen LogP contribution in [0.15, 0.2) is 52.0 Å². The molecule has 26 heavy (non-hydrogen) atoms. The number of rotatable bonds is 10. The van der Waals surface area contributed by atoms with Crippen LogP contribution >= 0.6 is 0 Å². The number of hydrogen-bond acceptors (Lipinski definition) is 4. The Morgan fingerprint density at radius 1 is 1.15 bits per heavy atom. The van der Waals surface area contributed by atoms with Gasteiger partial charge in [-0.1, -0.05) is 51.3 Å². The Bertz CT molecular complexity index is 796. The summed E-state index contributed by atoms with van der Waals surface area (Å²) in [5.41, 5.74) is 0.382. The van der Waals surface area contributed by atoms with Crippen LogP contribution in [0.1, 0.15) is 55.6 Å². The highest BCUT2D eigenvalue weighted by Crippen LogP contribution is 2.20. The minimum absolute atomic E-state index is 0.0786. The minimum atomic E-state index is -3.53. The summed E-state index contributed by atoms with van der Waals surface area (Å²) in [5, 5.41) is 2.88. The molecule has 1 heterocycles. The molecule has 1 aromatic heterocycles. The number of carbonyl (C=O) groups excluding carboxylic acids is 1. The van der Waals surface area contributed by atoms with E-state index in [-0.39, 0.29) is 22.3 Å². The normalized spacial score (nSPS) is 12.7. The van der Waals surface area contributed by atoms with E-state index >= 15 is 0 Å². The van der Waals surface area contributed by atoms with E-state index < -0.39 is 9.84 Å². The molecule has 2 aromatic rings. The Labute approximate surface area is 155 Å². The second-order valence-corrected chi connectivity index (χ2v) is 8.46. The van der Waals surface area contributed by atoms with Crippen molar-refractivity contribution in [2.24, 2.45) is 5.92 Å². The van der Waals surface area contributed by atoms with Crippen LogP contribution < -0.4 is 5.32 Å². The molecular weight excluding hydrogens is 350 g/mol. The maximum absolute atomic E-state index is 12.5. The van der Waals surface area contributed by atoms with Gasteiger partial charge in [-0.2, -0.15) is 0 Å². The second-order valence-electron chi connectivity index (χ2n) is 6.47. The van der Waals surface area contributed by atoms with Gasteiger partial charge in [-0.05, 0) is 30.5 Å². The quantitative estimate of drug-likeness (QED) is 0.673. The predicted molar refractivity (Wildman–Crippen MR) is 102 cm³/mol. The topological polar surface area (TPSA) is 76.4 Å². The lowest BCUT2D eigenvalue weighted by Gasteiger charge is -2.15. The average Bonchev–Trinajstić information content (AvgIpc) is 3.10. The van der Waals surface area contributed by atoms with Crippen molar-refractivity contribution in [2.45, 2.75) is 50.2 Å². The third-order valence-corrected chi connectivity index (χ3v) is 6.18. The largest absolute Gasteiger partial charge is 0.459 e. The molecule has 0 fully saturated rings. The van der Waals surface area contributed by atoms with Crippen LogP contribution in [0.5, 0.6) is 0 Å². The first-order chi connectivity index (χ1) is 12.5. The molecule has 1 atom stereocenters. The summed E-state index contributed by atoms with van der Waals surface area (Å²) >= 11 is 0. The molecule has 6 heteroatoms. The Morgan fingerprint density at radius 3 is 2.54 bits per heavy atom. The van der Waals surface area contributed by atoms with Crippen LogP contribution in [0.3, 0.4) is 0 Å². The lowest BCUT2D eigenvalue weighted by atomic mass is 9.99. The smallest absolute Gasteiger partial charge is 0.287 e. The molecule has 0 bridgehead atoms. The van der Waals surface area contributed by atoms with Crippen LogP contribution in [0.25, 0.3) is 0 Å². The molecule has 0 saturated carbocycles. The zero-order valence-electron chi connectivity index (χ0n) is 15.4. The molecule has 0 spiro atoms. The first-order valence-corrected chi connectivity index (χ1v) is 10.8. The summed E-state index contributed by atoms with van der Waals surface area (Å²) in [6.07, 6.45) is 5.69. The van der Waals surface area contributed by atoms with Gasteiger partial charge in [-0.15, -0.1) is 0 Å². The number of unbranched alkanes of at least 4 members (excludes halogenated alkanes) is 1. The summed E-state index contributed by atoms with van der Waals surface area (Å²) in [7, 11) is -3.53. The van der Waals surface area contributed by atoms with Crippen LogP contribution in [0.4, 0.5) is 0 Å². The Hall–Kier alpha value is -2.08. The number of hydrogen-bond donors (Lipinski definition) is 1. The van der Waals surface area contributed by atoms with Gasteiger partial charge in [0.2, 0.25) is 0 Å². The van der Waals surface area contributed by atoms with E-state index in [2.05, 4.69) is 19.2 Å². The van der Waals surface area contributed by atoms with Crippen molar-refractivity contribution >= 4 is 15.7 Å². The van der Waals surface area contributed by atoms with Crippen LogP contribution in [0.2, 0.25) is 0 Å². The molecule has 1 N–H and O–H groups in total. The number of benzene rings is 1. The van der Waals surface area contributed by atoms with Gasteiger partial charge < -0.3 is 9.73 Å². The maximum atomic E-state index is 12.5. The zero-order valence-corrected chi connectivity index (χ0v) is 16.2. The molecule has 0 saturated heterocycles. The molecular formula is C20H27NO4S. The summed E-state index contributed by atoms with van der Waals surface area (Å²) < 4.78 is 30.3. The average molecular weight is 378 g/mol. The van der Waals surface area contributed by atoms with E-state index in [0.717, 1.165) is 25.7 Å². The number of furan rings is 1. The minimum Gasteiger partial charge on any atom is -0.459 e. The van der Waals surface area contributed by atoms with Crippen molar-refractivity contribution < 1.29 is 17.6 Å². The number of amides is 1. The molecule has 0 aliphatic heterocycles. The highest BCUT2D eigenvalue weighted by Gasteiger charge is 2.22. The lowest BCUT2D eigenvalue weighted by molar-refractivity contribution is 0.0917. The molecule has 0 aliphatic carbocycles. The fourth-order valence-electron chi connectivity index (χ4n) is 2.83. The highest BCUT2D eigenvalue weighted by atomic mass is 32.2. The molecule has 5 nitrogen and oxygen atoms in total. The van der Waals surface area contributed by atoms with Gasteiger partial charge in [0.05, 0.1) is 16.9 Å². The summed E-state index contributed by atoms with van der Waals surface area (Å²) in [4.78, 5) is 12.7. The van der Waals surface area contributed by atoms with Gasteiger partial charge in [-0.3, -0.25) is 4.79 Å². The Morgan fingerprint density at radius 2 is 1.88 bits per heavy atom. The molecule has 2 rings (SSSR count). The van der Waals surface area contributed by atoms with Gasteiger partial charge in [0, 0.05) is 12.1 Å². The van der Waals surface area contributed by atoms with Gasteiger partial charge >= 0.3 is 0 Å². The van der Waals surface area contributed by atoms with E-state index in [1.165, 1.54) is 6.26 Å². The summed E-state index contributed by atoms with van der Waals surface area (Å²) in [6.45, 7) is 4.83. The number of nitrogens with one attached hydrogen (secondary N) is 1. The van der Waals surface area contributed by atoms with Crippen LogP contribution in [-0.4, -0.2) is 20.9 Å². The highest BCUT2D eigenvalue weighted by molar-refractivity contribution is 7.90. The number of sulfone groups is 1. The van der Waals surface area contributed by atoms with E-state index in [0.29, 0.717) is 18.0 Å². The van der Waals surface area contributed by atoms with Crippen molar-refractivity contribution in [3.63, 3.8) is 0 Å². The van der Waals surface area contributed by atoms with Crippen molar-refractivity contribution in [1.82, 2.24) is 5.32 Å². The first-order valence-electron chi connectivity index (χ1n) is 9.10. The summed E-state index contributed by atoms with van der Waals surface area (Å²) in [5.74, 6) is -0.119. The lowest BCUT2D eigenvalue weighted by Crippen LogP contribution is -2.29. The first kappa shape index (κ1) is 20.2. The Balaban J connectivity index is 2.04. The standard InChI is InChI=1S/C20H27NO4S/c1-3-5-9-16(4-2)14-21-20(22)19-17(12-13-25-19)15-26(23,24)18-10-7-6-8-11-18/h6-8,10-13,16H,3-5,9,14-15H2,1-2H3,(H,21,22)/t16-/m0/s1. The van der Waals surface area contributed by atoms with Crippen LogP contribution in [0, 0.1) is 5.92 Å². The molecule has 1 aromatic carbocycles. The van der Waals surface area contributed by atoms with Crippen molar-refractivity contribution in [1.29, 1.82) is 0 Å². The summed E-state index contributed by atoms with van der Waals surface area (Å²) in [6, 6.07) is 9.76. The molecule has 0 unspecified atom stereocenters. The molecule has 0 aliphatic rings. The van der Waals surface area contributed by atoms with Crippen LogP contribution in [-0.2, 0) is 15.6 Å². The second kappa shape index (κ2) is 9.57. The monoisotopic (exact) mass is 377 g/mol. The Kier molecular flexibility index (Phi) is 7.45. The van der Waals surface area contributed by atoms with Gasteiger partial charge in [0.25, 0.3) is 5.91 Å². The zero-order chi connectivity index (χ0) is 19.0. The van der Waals surface area contributed by atoms with E-state index in [1.807, 2.05) is 0 Å². The molecule has 142 valence electrons. The third kappa shape index (κ3) is 5.46. The van der Waals surface area contributed by atoms with Gasteiger partial charge in [0.15, 0.2) is 15.6 Å². The van der Waals surface area contributed by atoms with E-state index in [4.69, 9.17) is 4.42 Å². The van der Waals surface area contributed by atoms with Crippen molar-refractivity contribution in [2.75, 3.05) is 6.54 Å². The van der Waals surface area contributed by atoms with Crippen molar-refractivity contribution in [3.05, 3.63) is 54.0 Å². The fourth-order valence-corrected chi connectivity index (χ4v) is 4.20. The SMILES string of the molecule is CCCC[C@H](CC)CNC(=O)c1occc1CS(=O)(=O)c1ccccc1. The van der Waals surface area contributed by atoms with Crippen molar-refractivity contribution in [3.8, 4) is 0 Å². The van der Waals surface area contributed by atoms with E-state index in [1.54, 1.807) is 36.4 Å². The fraction of sp³-hybridized carbons (Fsp3) is 0.450. The maximum Gasteiger partial charge on any atom is 0.287 e. The van der Waals surface area contributed by atoms with Gasteiger partial charge in [0.1, 0.15) is 0 Å². The molecule has 1 amide bonds. The number of carbonyl (C=O) groups is 1.